The Morgan fingerprint density at radius 3 is 2.68 bits per heavy atom. The lowest BCUT2D eigenvalue weighted by Crippen LogP contribution is -2.41. The number of anilines is 1. The largest absolute Gasteiger partial charge is 0.465 e. The predicted octanol–water partition coefficient (Wildman–Crippen LogP) is 1.68. The van der Waals surface area contributed by atoms with Crippen LogP contribution >= 0.6 is 11.5 Å². The Balaban J connectivity index is 1.86. The van der Waals surface area contributed by atoms with Crippen LogP contribution in [0.2, 0.25) is 0 Å². The Morgan fingerprint density at radius 2 is 2.08 bits per heavy atom. The zero-order chi connectivity index (χ0) is 17.7. The van der Waals surface area contributed by atoms with Gasteiger partial charge in [0.05, 0.1) is 11.7 Å². The van der Waals surface area contributed by atoms with Crippen LogP contribution < -0.4 is 4.90 Å². The van der Waals surface area contributed by atoms with Gasteiger partial charge in [-0.05, 0) is 38.2 Å². The summed E-state index contributed by atoms with van der Waals surface area (Å²) in [7, 11) is 0. The normalized spacial score (nSPS) is 23.2. The molecule has 0 aliphatic carbocycles. The highest BCUT2D eigenvalue weighted by atomic mass is 32.1. The lowest BCUT2D eigenvalue weighted by atomic mass is 10.1. The van der Waals surface area contributed by atoms with E-state index in [0.29, 0.717) is 43.5 Å². The molecule has 0 bridgehead atoms. The second-order valence-corrected chi connectivity index (χ2v) is 7.16. The summed E-state index contributed by atoms with van der Waals surface area (Å²) in [5, 5.41) is 20.5. The van der Waals surface area contributed by atoms with Crippen molar-refractivity contribution in [2.75, 3.05) is 18.0 Å². The summed E-state index contributed by atoms with van der Waals surface area (Å²) < 4.78 is 6.27. The maximum absolute atomic E-state index is 11.6. The quantitative estimate of drug-likeness (QED) is 0.835. The van der Waals surface area contributed by atoms with Crippen LogP contribution in [0.1, 0.15) is 37.3 Å². The molecule has 4 heterocycles. The lowest BCUT2D eigenvalue weighted by Gasteiger charge is -2.34. The highest BCUT2D eigenvalue weighted by molar-refractivity contribution is 7.09. The number of hydrogen-bond acceptors (Lipinski definition) is 7. The van der Waals surface area contributed by atoms with E-state index < -0.39 is 12.3 Å². The minimum absolute atomic E-state index is 0.343. The molecule has 2 aromatic heterocycles. The number of aromatic nitrogens is 4. The first-order valence-corrected chi connectivity index (χ1v) is 9.10. The molecule has 1 saturated heterocycles. The Bertz CT molecular complexity index is 818. The summed E-state index contributed by atoms with van der Waals surface area (Å²) in [6, 6.07) is -0.343. The number of fused-ring (bicyclic) bond motifs is 1. The first-order valence-electron chi connectivity index (χ1n) is 8.32. The number of imidazole rings is 1. The van der Waals surface area contributed by atoms with E-state index in [1.165, 1.54) is 16.4 Å². The maximum atomic E-state index is 11.6. The third kappa shape index (κ3) is 2.56. The van der Waals surface area contributed by atoms with Crippen molar-refractivity contribution in [1.82, 2.24) is 23.8 Å². The Labute approximate surface area is 148 Å². The molecule has 25 heavy (non-hydrogen) atoms. The third-order valence-electron chi connectivity index (χ3n) is 4.87. The molecule has 2 aliphatic heterocycles. The number of carboxylic acid groups (broad SMARTS) is 1. The zero-order valence-electron chi connectivity index (χ0n) is 14.1. The standard InChI is InChI=1S/C15H20N6O3S/c1-8-11-12(20-5-3-4-10(20)22)17-13(14-16-9(2)18-25-14)21(11)7-6-19(8)15(23)24/h8,10,22H,3-7H2,1-2H3,(H,23,24)/t8-,10?/m1/s1. The maximum Gasteiger partial charge on any atom is 0.407 e. The molecule has 1 fully saturated rings. The fourth-order valence-electron chi connectivity index (χ4n) is 3.66. The summed E-state index contributed by atoms with van der Waals surface area (Å²) in [4.78, 5) is 24.1. The van der Waals surface area contributed by atoms with E-state index in [-0.39, 0.29) is 6.04 Å². The molecular formula is C15H20N6O3S. The molecule has 0 spiro atoms. The van der Waals surface area contributed by atoms with E-state index in [1.54, 1.807) is 0 Å². The second-order valence-electron chi connectivity index (χ2n) is 6.41. The van der Waals surface area contributed by atoms with Crippen LogP contribution in [-0.4, -0.2) is 59.4 Å². The molecule has 9 nitrogen and oxygen atoms in total. The number of carbonyl (C=O) groups is 1. The monoisotopic (exact) mass is 364 g/mol. The van der Waals surface area contributed by atoms with Crippen molar-refractivity contribution in [3.8, 4) is 10.8 Å². The number of rotatable bonds is 2. The Kier molecular flexibility index (Phi) is 3.88. The van der Waals surface area contributed by atoms with Gasteiger partial charge in [0.15, 0.2) is 16.6 Å². The molecular weight excluding hydrogens is 344 g/mol. The average Bonchev–Trinajstić information content (AvgIpc) is 3.25. The van der Waals surface area contributed by atoms with Crippen molar-refractivity contribution in [3.63, 3.8) is 0 Å². The molecule has 134 valence electrons. The summed E-state index contributed by atoms with van der Waals surface area (Å²) in [5.41, 5.74) is 0.817. The van der Waals surface area contributed by atoms with Crippen molar-refractivity contribution in [1.29, 1.82) is 0 Å². The van der Waals surface area contributed by atoms with Gasteiger partial charge in [0, 0.05) is 19.6 Å². The van der Waals surface area contributed by atoms with Gasteiger partial charge in [0.25, 0.3) is 0 Å². The number of aryl methyl sites for hydroxylation is 1. The van der Waals surface area contributed by atoms with Gasteiger partial charge in [-0.1, -0.05) is 0 Å². The molecule has 1 unspecified atom stereocenters. The third-order valence-corrected chi connectivity index (χ3v) is 5.68. The first-order chi connectivity index (χ1) is 12.0. The van der Waals surface area contributed by atoms with E-state index >= 15 is 0 Å². The van der Waals surface area contributed by atoms with Crippen molar-refractivity contribution < 1.29 is 15.0 Å². The van der Waals surface area contributed by atoms with Gasteiger partial charge in [0.2, 0.25) is 0 Å². The number of nitrogens with zero attached hydrogens (tertiary/aromatic N) is 6. The van der Waals surface area contributed by atoms with Gasteiger partial charge in [-0.15, -0.1) is 0 Å². The number of hydrogen-bond donors (Lipinski definition) is 2. The smallest absolute Gasteiger partial charge is 0.407 e. The van der Waals surface area contributed by atoms with Crippen molar-refractivity contribution in [3.05, 3.63) is 11.5 Å². The SMILES string of the molecule is Cc1nsc(-c2nc(N3CCCC3O)c3n2CCN(C(=O)O)[C@@H]3C)n1. The number of aliphatic hydroxyl groups excluding tert-OH is 1. The molecule has 0 aromatic carbocycles. The van der Waals surface area contributed by atoms with E-state index in [1.807, 2.05) is 23.3 Å². The highest BCUT2D eigenvalue weighted by Gasteiger charge is 2.37. The fourth-order valence-corrected chi connectivity index (χ4v) is 4.33. The summed E-state index contributed by atoms with van der Waals surface area (Å²) in [5.74, 6) is 2.05. The van der Waals surface area contributed by atoms with E-state index in [4.69, 9.17) is 4.98 Å². The van der Waals surface area contributed by atoms with Gasteiger partial charge in [-0.2, -0.15) is 4.37 Å². The van der Waals surface area contributed by atoms with Gasteiger partial charge in [-0.3, -0.25) is 4.90 Å². The summed E-state index contributed by atoms with van der Waals surface area (Å²) in [6.45, 7) is 5.31. The van der Waals surface area contributed by atoms with Gasteiger partial charge in [0.1, 0.15) is 12.1 Å². The molecule has 2 aromatic rings. The lowest BCUT2D eigenvalue weighted by molar-refractivity contribution is 0.115. The topological polar surface area (TPSA) is 108 Å². The highest BCUT2D eigenvalue weighted by Crippen LogP contribution is 2.39. The van der Waals surface area contributed by atoms with Crippen LogP contribution in [0.4, 0.5) is 10.6 Å². The predicted molar refractivity (Wildman–Crippen MR) is 91.6 cm³/mol. The summed E-state index contributed by atoms with van der Waals surface area (Å²) in [6.07, 6.45) is 0.0473. The van der Waals surface area contributed by atoms with Gasteiger partial charge >= 0.3 is 6.09 Å². The average molecular weight is 364 g/mol. The van der Waals surface area contributed by atoms with Crippen molar-refractivity contribution in [2.45, 2.75) is 45.5 Å². The second kappa shape index (κ2) is 5.95. The minimum Gasteiger partial charge on any atom is -0.465 e. The number of amides is 1. The van der Waals surface area contributed by atoms with Crippen LogP contribution in [0.25, 0.3) is 10.8 Å². The van der Waals surface area contributed by atoms with E-state index in [0.717, 1.165) is 17.1 Å². The van der Waals surface area contributed by atoms with Gasteiger partial charge < -0.3 is 19.7 Å². The van der Waals surface area contributed by atoms with Crippen LogP contribution in [0, 0.1) is 6.92 Å². The van der Waals surface area contributed by atoms with Gasteiger partial charge in [-0.25, -0.2) is 14.8 Å². The number of aliphatic hydroxyl groups is 1. The molecule has 2 aliphatic rings. The Hall–Kier alpha value is -2.20. The fraction of sp³-hybridized carbons (Fsp3) is 0.600. The molecule has 10 heteroatoms. The molecule has 1 amide bonds. The molecule has 2 N–H and O–H groups in total. The zero-order valence-corrected chi connectivity index (χ0v) is 14.9. The molecule has 4 rings (SSSR count). The van der Waals surface area contributed by atoms with Crippen LogP contribution in [-0.2, 0) is 6.54 Å². The van der Waals surface area contributed by atoms with E-state index in [9.17, 15) is 15.0 Å². The molecule has 0 radical (unpaired) electrons. The van der Waals surface area contributed by atoms with Crippen molar-refractivity contribution >= 4 is 23.4 Å². The van der Waals surface area contributed by atoms with Crippen LogP contribution in [0.15, 0.2) is 0 Å². The Morgan fingerprint density at radius 1 is 1.28 bits per heavy atom. The van der Waals surface area contributed by atoms with Crippen LogP contribution in [0.5, 0.6) is 0 Å². The van der Waals surface area contributed by atoms with Crippen LogP contribution in [0.3, 0.4) is 0 Å². The first kappa shape index (κ1) is 16.3. The summed E-state index contributed by atoms with van der Waals surface area (Å²) >= 11 is 1.29. The van der Waals surface area contributed by atoms with E-state index in [2.05, 4.69) is 9.36 Å². The molecule has 0 saturated carbocycles. The molecule has 2 atom stereocenters. The van der Waals surface area contributed by atoms with Crippen molar-refractivity contribution in [2.24, 2.45) is 0 Å². The minimum atomic E-state index is -0.943.